The number of ether oxygens (including phenoxy) is 1. The van der Waals surface area contributed by atoms with E-state index in [0.29, 0.717) is 19.0 Å². The molecule has 2 N–H and O–H groups in total. The Balaban J connectivity index is 1.30. The average Bonchev–Trinajstić information content (AvgIpc) is 3.55. The summed E-state index contributed by atoms with van der Waals surface area (Å²) < 4.78 is 20.0. The van der Waals surface area contributed by atoms with E-state index in [1.807, 2.05) is 18.3 Å². The van der Waals surface area contributed by atoms with E-state index in [0.717, 1.165) is 42.9 Å². The third kappa shape index (κ3) is 5.15. The molecule has 31 heavy (non-hydrogen) atoms. The van der Waals surface area contributed by atoms with Gasteiger partial charge in [0.2, 0.25) is 0 Å². The van der Waals surface area contributed by atoms with Crippen LogP contribution in [0.4, 0.5) is 10.2 Å². The van der Waals surface area contributed by atoms with Crippen molar-refractivity contribution in [2.45, 2.75) is 50.9 Å². The number of aromatic nitrogens is 1. The number of nitrogens with zero attached hydrogens (tertiary/aromatic N) is 3. The van der Waals surface area contributed by atoms with Gasteiger partial charge in [0.1, 0.15) is 11.6 Å². The van der Waals surface area contributed by atoms with Crippen molar-refractivity contribution in [1.82, 2.24) is 15.6 Å². The number of anilines is 1. The first-order valence-electron chi connectivity index (χ1n) is 11.0. The van der Waals surface area contributed by atoms with Gasteiger partial charge in [-0.1, -0.05) is 24.3 Å². The van der Waals surface area contributed by atoms with Gasteiger partial charge < -0.3 is 20.3 Å². The lowest BCUT2D eigenvalue weighted by molar-refractivity contribution is -0.00545. The Morgan fingerprint density at radius 1 is 1.16 bits per heavy atom. The maximum Gasteiger partial charge on any atom is 0.191 e. The van der Waals surface area contributed by atoms with Gasteiger partial charge >= 0.3 is 0 Å². The molecule has 7 heteroatoms. The smallest absolute Gasteiger partial charge is 0.191 e. The molecule has 1 aromatic carbocycles. The van der Waals surface area contributed by atoms with E-state index < -0.39 is 0 Å². The van der Waals surface area contributed by atoms with E-state index in [9.17, 15) is 4.39 Å². The first kappa shape index (κ1) is 21.6. The number of rotatable bonds is 6. The molecule has 0 spiro atoms. The highest BCUT2D eigenvalue weighted by atomic mass is 19.1. The quantitative estimate of drug-likeness (QED) is 0.550. The fourth-order valence-electron chi connectivity index (χ4n) is 4.32. The van der Waals surface area contributed by atoms with Crippen LogP contribution < -0.4 is 15.5 Å². The monoisotopic (exact) mass is 425 g/mol. The van der Waals surface area contributed by atoms with Crippen LogP contribution in [0.3, 0.4) is 0 Å². The fourth-order valence-corrected chi connectivity index (χ4v) is 4.32. The van der Waals surface area contributed by atoms with Gasteiger partial charge in [0, 0.05) is 44.8 Å². The van der Waals surface area contributed by atoms with E-state index in [-0.39, 0.29) is 23.4 Å². The Kier molecular flexibility index (Phi) is 6.41. The number of pyridine rings is 1. The van der Waals surface area contributed by atoms with Gasteiger partial charge in [0.25, 0.3) is 0 Å². The molecule has 1 aliphatic heterocycles. The number of guanidine groups is 1. The second-order valence-corrected chi connectivity index (χ2v) is 8.73. The summed E-state index contributed by atoms with van der Waals surface area (Å²) in [6.07, 6.45) is 4.30. The third-order valence-electron chi connectivity index (χ3n) is 6.13. The molecule has 2 atom stereocenters. The third-order valence-corrected chi connectivity index (χ3v) is 6.13. The van der Waals surface area contributed by atoms with E-state index in [1.54, 1.807) is 13.1 Å². The predicted molar refractivity (Wildman–Crippen MR) is 122 cm³/mol. The molecule has 1 aliphatic carbocycles. The number of nitrogens with one attached hydrogen (secondary N) is 2. The summed E-state index contributed by atoms with van der Waals surface area (Å²) in [5, 5.41) is 6.71. The first-order valence-corrected chi connectivity index (χ1v) is 11.0. The predicted octanol–water partition coefficient (Wildman–Crippen LogP) is 3.23. The summed E-state index contributed by atoms with van der Waals surface area (Å²) in [6, 6.07) is 11.2. The van der Waals surface area contributed by atoms with Crippen molar-refractivity contribution in [2.75, 3.05) is 31.6 Å². The molecule has 1 aromatic heterocycles. The zero-order valence-electron chi connectivity index (χ0n) is 18.6. The van der Waals surface area contributed by atoms with Crippen molar-refractivity contribution in [3.63, 3.8) is 0 Å². The zero-order valence-corrected chi connectivity index (χ0v) is 18.6. The van der Waals surface area contributed by atoms with Crippen molar-refractivity contribution < 1.29 is 9.13 Å². The summed E-state index contributed by atoms with van der Waals surface area (Å²) in [5.41, 5.74) is 1.75. The second-order valence-electron chi connectivity index (χ2n) is 8.73. The standard InChI is InChI=1S/C24H32FN5O/c1-17-14-30(15-18(2)31-17)22-9-8-19(12-27-22)13-28-23(26-3)29-16-24(10-11-24)20-6-4-5-7-21(20)25/h4-9,12,17-18H,10-11,13-16H2,1-3H3,(H2,26,28,29). The van der Waals surface area contributed by atoms with E-state index in [2.05, 4.69) is 51.5 Å². The second kappa shape index (κ2) is 9.22. The summed E-state index contributed by atoms with van der Waals surface area (Å²) in [7, 11) is 1.75. The van der Waals surface area contributed by atoms with Crippen LogP contribution in [0.25, 0.3) is 0 Å². The highest BCUT2D eigenvalue weighted by Gasteiger charge is 2.45. The van der Waals surface area contributed by atoms with E-state index in [1.165, 1.54) is 6.07 Å². The van der Waals surface area contributed by atoms with Crippen LogP contribution in [0, 0.1) is 5.82 Å². The van der Waals surface area contributed by atoms with Crippen LogP contribution in [0.2, 0.25) is 0 Å². The van der Waals surface area contributed by atoms with E-state index >= 15 is 0 Å². The number of hydrogen-bond donors (Lipinski definition) is 2. The lowest BCUT2D eigenvalue weighted by Crippen LogP contribution is -2.45. The van der Waals surface area contributed by atoms with Crippen molar-refractivity contribution in [3.05, 3.63) is 59.5 Å². The molecule has 2 aliphatic rings. The molecule has 2 aromatic rings. The molecule has 2 fully saturated rings. The molecule has 6 nitrogen and oxygen atoms in total. The zero-order chi connectivity index (χ0) is 21.8. The molecular weight excluding hydrogens is 393 g/mol. The maximum atomic E-state index is 14.2. The number of aliphatic imine (C=N–C) groups is 1. The fraction of sp³-hybridized carbons (Fsp3) is 0.500. The SMILES string of the molecule is CN=C(NCc1ccc(N2CC(C)OC(C)C2)nc1)NCC1(c2ccccc2F)CC1. The number of morpholine rings is 1. The van der Waals surface area contributed by atoms with Crippen LogP contribution in [-0.4, -0.2) is 49.8 Å². The minimum Gasteiger partial charge on any atom is -0.372 e. The molecular formula is C24H32FN5O. The maximum absolute atomic E-state index is 14.2. The van der Waals surface area contributed by atoms with Gasteiger partial charge in [-0.05, 0) is 49.9 Å². The average molecular weight is 426 g/mol. The van der Waals surface area contributed by atoms with Gasteiger partial charge in [0.05, 0.1) is 12.2 Å². The summed E-state index contributed by atoms with van der Waals surface area (Å²) in [5.74, 6) is 1.57. The van der Waals surface area contributed by atoms with Gasteiger partial charge in [-0.2, -0.15) is 0 Å². The molecule has 2 unspecified atom stereocenters. The summed E-state index contributed by atoms with van der Waals surface area (Å²) >= 11 is 0. The lowest BCUT2D eigenvalue weighted by atomic mass is 9.95. The number of hydrogen-bond acceptors (Lipinski definition) is 4. The molecule has 0 radical (unpaired) electrons. The van der Waals surface area contributed by atoms with Gasteiger partial charge in [-0.3, -0.25) is 4.99 Å². The molecule has 0 amide bonds. The van der Waals surface area contributed by atoms with Crippen LogP contribution >= 0.6 is 0 Å². The van der Waals surface area contributed by atoms with Gasteiger partial charge in [-0.25, -0.2) is 9.37 Å². The van der Waals surface area contributed by atoms with Gasteiger partial charge in [-0.15, -0.1) is 0 Å². The lowest BCUT2D eigenvalue weighted by Gasteiger charge is -2.36. The largest absolute Gasteiger partial charge is 0.372 e. The topological polar surface area (TPSA) is 61.8 Å². The summed E-state index contributed by atoms with van der Waals surface area (Å²) in [6.45, 7) is 7.19. The minimum atomic E-state index is -0.126. The minimum absolute atomic E-state index is 0.125. The highest BCUT2D eigenvalue weighted by Crippen LogP contribution is 2.48. The Bertz CT molecular complexity index is 902. The highest BCUT2D eigenvalue weighted by molar-refractivity contribution is 5.79. The molecule has 166 valence electrons. The van der Waals surface area contributed by atoms with Crippen molar-refractivity contribution in [3.8, 4) is 0 Å². The number of halogens is 1. The van der Waals surface area contributed by atoms with Crippen LogP contribution in [-0.2, 0) is 16.7 Å². The molecule has 1 saturated carbocycles. The van der Waals surface area contributed by atoms with Crippen molar-refractivity contribution in [1.29, 1.82) is 0 Å². The van der Waals surface area contributed by atoms with Crippen molar-refractivity contribution >= 4 is 11.8 Å². The summed E-state index contributed by atoms with van der Waals surface area (Å²) in [4.78, 5) is 11.2. The van der Waals surface area contributed by atoms with Crippen LogP contribution in [0.15, 0.2) is 47.6 Å². The van der Waals surface area contributed by atoms with Crippen molar-refractivity contribution in [2.24, 2.45) is 4.99 Å². The Labute approximate surface area is 183 Å². The molecule has 2 heterocycles. The molecule has 4 rings (SSSR count). The van der Waals surface area contributed by atoms with Crippen LogP contribution in [0.1, 0.15) is 37.8 Å². The number of benzene rings is 1. The van der Waals surface area contributed by atoms with Gasteiger partial charge in [0.15, 0.2) is 5.96 Å². The first-order chi connectivity index (χ1) is 15.0. The normalized spacial score (nSPS) is 22.8. The Hall–Kier alpha value is -2.67. The van der Waals surface area contributed by atoms with E-state index in [4.69, 9.17) is 4.74 Å². The molecule has 1 saturated heterocycles. The Morgan fingerprint density at radius 3 is 2.52 bits per heavy atom. The van der Waals surface area contributed by atoms with Crippen LogP contribution in [0.5, 0.6) is 0 Å². The molecule has 0 bridgehead atoms. The Morgan fingerprint density at radius 2 is 1.90 bits per heavy atom.